The summed E-state index contributed by atoms with van der Waals surface area (Å²) in [4.78, 5) is 0.833. The molecular weight excluding hydrogens is 209 g/mol. The number of benzene rings is 1. The van der Waals surface area contributed by atoms with Gasteiger partial charge in [0.15, 0.2) is 0 Å². The fraction of sp³-hybridized carbons (Fsp3) is 0. The first-order valence-electron chi connectivity index (χ1n) is 3.43. The van der Waals surface area contributed by atoms with Crippen LogP contribution in [-0.2, 0) is 10.0 Å². The van der Waals surface area contributed by atoms with Crippen molar-refractivity contribution in [2.45, 2.75) is 4.90 Å². The third-order valence-corrected chi connectivity index (χ3v) is 2.71. The highest BCUT2D eigenvalue weighted by atomic mass is 32.2. The van der Waals surface area contributed by atoms with Gasteiger partial charge in [-0.3, -0.25) is 5.84 Å². The van der Waals surface area contributed by atoms with E-state index in [1.807, 2.05) is 0 Å². The van der Waals surface area contributed by atoms with Crippen LogP contribution in [0.3, 0.4) is 0 Å². The van der Waals surface area contributed by atoms with Crippen molar-refractivity contribution in [1.29, 1.82) is 5.26 Å². The van der Waals surface area contributed by atoms with Crippen molar-refractivity contribution < 1.29 is 12.8 Å². The minimum absolute atomic E-state index is 0.0419. The first kappa shape index (κ1) is 10.6. The standard InChI is InChI=1S/C7H6FN3O2S/c8-6-2-1-5(4-9)3-7(6)14(12,13)11-10/h1-3,11H,10H2. The summed E-state index contributed by atoms with van der Waals surface area (Å²) in [5, 5.41) is 8.47. The van der Waals surface area contributed by atoms with E-state index in [9.17, 15) is 12.8 Å². The molecule has 0 amide bonds. The van der Waals surface area contributed by atoms with Gasteiger partial charge in [0.2, 0.25) is 0 Å². The Kier molecular flexibility index (Phi) is 2.81. The largest absolute Gasteiger partial charge is 0.257 e. The van der Waals surface area contributed by atoms with Crippen LogP contribution in [-0.4, -0.2) is 8.42 Å². The molecule has 14 heavy (non-hydrogen) atoms. The predicted octanol–water partition coefficient (Wildman–Crippen LogP) is -0.151. The maximum Gasteiger partial charge on any atom is 0.256 e. The second-order valence-electron chi connectivity index (χ2n) is 2.38. The number of nitrogens with zero attached hydrogens (tertiary/aromatic N) is 1. The lowest BCUT2D eigenvalue weighted by molar-refractivity contribution is 0.558. The number of halogens is 1. The molecule has 0 aliphatic carbocycles. The third-order valence-electron chi connectivity index (χ3n) is 1.50. The summed E-state index contributed by atoms with van der Waals surface area (Å²) in [5.74, 6) is 3.75. The molecule has 0 unspecified atom stereocenters. The monoisotopic (exact) mass is 215 g/mol. The van der Waals surface area contributed by atoms with Crippen LogP contribution < -0.4 is 10.7 Å². The van der Waals surface area contributed by atoms with E-state index < -0.39 is 20.7 Å². The minimum Gasteiger partial charge on any atom is -0.257 e. The highest BCUT2D eigenvalue weighted by molar-refractivity contribution is 7.89. The van der Waals surface area contributed by atoms with Gasteiger partial charge in [-0.05, 0) is 18.2 Å². The van der Waals surface area contributed by atoms with Crippen LogP contribution in [0.1, 0.15) is 5.56 Å². The van der Waals surface area contributed by atoms with Gasteiger partial charge in [0, 0.05) is 0 Å². The van der Waals surface area contributed by atoms with Crippen molar-refractivity contribution in [2.24, 2.45) is 5.84 Å². The molecule has 3 N–H and O–H groups in total. The first-order valence-corrected chi connectivity index (χ1v) is 4.91. The van der Waals surface area contributed by atoms with Crippen LogP contribution >= 0.6 is 0 Å². The van der Waals surface area contributed by atoms with Crippen LogP contribution in [0.25, 0.3) is 0 Å². The molecule has 1 aromatic rings. The van der Waals surface area contributed by atoms with Crippen molar-refractivity contribution in [3.8, 4) is 6.07 Å². The Morgan fingerprint density at radius 2 is 2.14 bits per heavy atom. The summed E-state index contributed by atoms with van der Waals surface area (Å²) in [7, 11) is -4.06. The van der Waals surface area contributed by atoms with Crippen molar-refractivity contribution in [3.63, 3.8) is 0 Å². The molecule has 0 fully saturated rings. The number of nitriles is 1. The van der Waals surface area contributed by atoms with Gasteiger partial charge in [0.1, 0.15) is 10.7 Å². The zero-order valence-corrected chi connectivity index (χ0v) is 7.68. The molecule has 0 saturated carbocycles. The van der Waals surface area contributed by atoms with Crippen LogP contribution in [0.5, 0.6) is 0 Å². The molecule has 0 spiro atoms. The summed E-state index contributed by atoms with van der Waals surface area (Å²) >= 11 is 0. The van der Waals surface area contributed by atoms with Gasteiger partial charge in [-0.1, -0.05) is 0 Å². The molecule has 1 aromatic carbocycles. The van der Waals surface area contributed by atoms with Crippen LogP contribution in [0.2, 0.25) is 0 Å². The number of hydrogen-bond donors (Lipinski definition) is 2. The van der Waals surface area contributed by atoms with Gasteiger partial charge in [-0.15, -0.1) is 4.83 Å². The zero-order valence-electron chi connectivity index (χ0n) is 6.86. The van der Waals surface area contributed by atoms with Gasteiger partial charge in [-0.2, -0.15) is 5.26 Å². The summed E-state index contributed by atoms with van der Waals surface area (Å²) in [6, 6.07) is 4.66. The molecule has 0 aliphatic rings. The first-order chi connectivity index (χ1) is 6.51. The van der Waals surface area contributed by atoms with Crippen LogP contribution in [0.4, 0.5) is 4.39 Å². The molecule has 74 valence electrons. The lowest BCUT2D eigenvalue weighted by Crippen LogP contribution is -2.30. The highest BCUT2D eigenvalue weighted by Gasteiger charge is 2.17. The summed E-state index contributed by atoms with van der Waals surface area (Å²) in [5.41, 5.74) is 0.0419. The Morgan fingerprint density at radius 1 is 1.50 bits per heavy atom. The number of rotatable bonds is 2. The summed E-state index contributed by atoms with van der Waals surface area (Å²) in [6.07, 6.45) is 0. The van der Waals surface area contributed by atoms with Crippen LogP contribution in [0.15, 0.2) is 23.1 Å². The smallest absolute Gasteiger partial charge is 0.256 e. The van der Waals surface area contributed by atoms with Gasteiger partial charge >= 0.3 is 0 Å². The molecule has 0 bridgehead atoms. The lowest BCUT2D eigenvalue weighted by atomic mass is 10.2. The number of sulfonamides is 1. The molecule has 5 nitrogen and oxygen atoms in total. The van der Waals surface area contributed by atoms with E-state index in [2.05, 4.69) is 0 Å². The van der Waals surface area contributed by atoms with Gasteiger partial charge < -0.3 is 0 Å². The number of nitrogens with two attached hydrogens (primary N) is 1. The van der Waals surface area contributed by atoms with E-state index in [0.29, 0.717) is 0 Å². The molecular formula is C7H6FN3O2S. The lowest BCUT2D eigenvalue weighted by Gasteiger charge is -2.03. The summed E-state index contributed by atoms with van der Waals surface area (Å²) < 4.78 is 35.2. The van der Waals surface area contributed by atoms with E-state index in [1.165, 1.54) is 10.9 Å². The molecule has 0 radical (unpaired) electrons. The van der Waals surface area contributed by atoms with E-state index in [0.717, 1.165) is 12.1 Å². The fourth-order valence-corrected chi connectivity index (χ4v) is 1.58. The van der Waals surface area contributed by atoms with E-state index in [1.54, 1.807) is 6.07 Å². The Hall–Kier alpha value is -1.49. The Morgan fingerprint density at radius 3 is 2.64 bits per heavy atom. The molecule has 7 heteroatoms. The Balaban J connectivity index is 3.43. The van der Waals surface area contributed by atoms with Crippen molar-refractivity contribution in [3.05, 3.63) is 29.6 Å². The van der Waals surface area contributed by atoms with Gasteiger partial charge in [-0.25, -0.2) is 12.8 Å². The number of nitrogens with one attached hydrogen (secondary N) is 1. The van der Waals surface area contributed by atoms with Gasteiger partial charge in [0.05, 0.1) is 11.6 Å². The topological polar surface area (TPSA) is 96.0 Å². The fourth-order valence-electron chi connectivity index (χ4n) is 0.842. The third kappa shape index (κ3) is 1.88. The molecule has 0 atom stereocenters. The van der Waals surface area contributed by atoms with Crippen molar-refractivity contribution >= 4 is 10.0 Å². The predicted molar refractivity (Wildman–Crippen MR) is 45.6 cm³/mol. The number of hydrogen-bond acceptors (Lipinski definition) is 4. The maximum atomic E-state index is 13.0. The second-order valence-corrected chi connectivity index (χ2v) is 4.06. The molecule has 0 heterocycles. The highest BCUT2D eigenvalue weighted by Crippen LogP contribution is 2.14. The Bertz CT molecular complexity index is 492. The minimum atomic E-state index is -4.06. The van der Waals surface area contributed by atoms with E-state index >= 15 is 0 Å². The van der Waals surface area contributed by atoms with Crippen molar-refractivity contribution in [1.82, 2.24) is 4.83 Å². The van der Waals surface area contributed by atoms with Crippen LogP contribution in [0, 0.1) is 17.1 Å². The Labute approximate surface area is 80.0 Å². The maximum absolute atomic E-state index is 13.0. The normalized spacial score (nSPS) is 10.9. The van der Waals surface area contributed by atoms with Gasteiger partial charge in [0.25, 0.3) is 10.0 Å². The molecule has 0 aliphatic heterocycles. The average Bonchev–Trinajstić information content (AvgIpc) is 2.18. The van der Waals surface area contributed by atoms with Crippen molar-refractivity contribution in [2.75, 3.05) is 0 Å². The molecule has 0 saturated heterocycles. The molecule has 1 rings (SSSR count). The SMILES string of the molecule is N#Cc1ccc(F)c(S(=O)(=O)NN)c1. The summed E-state index contributed by atoms with van der Waals surface area (Å²) in [6.45, 7) is 0. The quantitative estimate of drug-likeness (QED) is 0.529. The number of hydrazine groups is 1. The zero-order chi connectivity index (χ0) is 10.8. The van der Waals surface area contributed by atoms with E-state index in [4.69, 9.17) is 11.1 Å². The second kappa shape index (κ2) is 3.71. The van der Waals surface area contributed by atoms with E-state index in [-0.39, 0.29) is 5.56 Å². The molecule has 0 aromatic heterocycles. The average molecular weight is 215 g/mol.